The van der Waals surface area contributed by atoms with Gasteiger partial charge >= 0.3 is 0 Å². The number of hydrogen-bond donors (Lipinski definition) is 1. The molecule has 0 aliphatic carbocycles. The highest BCUT2D eigenvalue weighted by molar-refractivity contribution is 6.31. The second-order valence-corrected chi connectivity index (χ2v) is 5.53. The zero-order valence-corrected chi connectivity index (χ0v) is 12.5. The summed E-state index contributed by atoms with van der Waals surface area (Å²) in [5.74, 6) is -0.115. The summed E-state index contributed by atoms with van der Waals surface area (Å²) < 4.78 is 0. The maximum absolute atomic E-state index is 12.3. The van der Waals surface area contributed by atoms with Crippen LogP contribution in [0.3, 0.4) is 0 Å². The van der Waals surface area contributed by atoms with Gasteiger partial charge in [0.2, 0.25) is 5.91 Å². The summed E-state index contributed by atoms with van der Waals surface area (Å²) >= 11 is 6.01. The molecule has 108 valence electrons. The van der Waals surface area contributed by atoms with Crippen molar-refractivity contribution in [2.45, 2.75) is 39.2 Å². The quantitative estimate of drug-likeness (QED) is 0.928. The largest absolute Gasteiger partial charge is 0.350 e. The van der Waals surface area contributed by atoms with Crippen LogP contribution >= 0.6 is 11.6 Å². The Hall–Kier alpha value is -1.55. The second kappa shape index (κ2) is 6.27. The number of nitrogens with zero attached hydrogens (tertiary/aromatic N) is 1. The lowest BCUT2D eigenvalue weighted by molar-refractivity contribution is -0.117. The van der Waals surface area contributed by atoms with Crippen LogP contribution in [0.4, 0.5) is 5.69 Å². The molecule has 1 aliphatic heterocycles. The van der Waals surface area contributed by atoms with E-state index in [4.69, 9.17) is 11.6 Å². The zero-order valence-electron chi connectivity index (χ0n) is 11.8. The third-order valence-corrected chi connectivity index (χ3v) is 3.79. The van der Waals surface area contributed by atoms with Gasteiger partial charge in [-0.2, -0.15) is 0 Å². The predicted molar refractivity (Wildman–Crippen MR) is 80.3 cm³/mol. The summed E-state index contributed by atoms with van der Waals surface area (Å²) in [5.41, 5.74) is 1.12. The van der Waals surface area contributed by atoms with Crippen molar-refractivity contribution in [2.75, 3.05) is 11.4 Å². The van der Waals surface area contributed by atoms with Crippen molar-refractivity contribution in [1.29, 1.82) is 0 Å². The Bertz CT molecular complexity index is 531. The predicted octanol–water partition coefficient (Wildman–Crippen LogP) is 3.00. The first-order chi connectivity index (χ1) is 9.52. The number of benzene rings is 1. The number of anilines is 1. The number of carbonyl (C=O) groups is 2. The molecule has 1 fully saturated rings. The van der Waals surface area contributed by atoms with Crippen LogP contribution in [0, 0.1) is 0 Å². The molecule has 1 N–H and O–H groups in total. The molecule has 1 unspecified atom stereocenters. The van der Waals surface area contributed by atoms with Gasteiger partial charge in [0.25, 0.3) is 5.91 Å². The lowest BCUT2D eigenvalue weighted by atomic mass is 10.1. The van der Waals surface area contributed by atoms with E-state index in [1.807, 2.05) is 13.8 Å². The average Bonchev–Trinajstić information content (AvgIpc) is 2.84. The number of hydrogen-bond acceptors (Lipinski definition) is 2. The van der Waals surface area contributed by atoms with E-state index >= 15 is 0 Å². The number of halogens is 1. The van der Waals surface area contributed by atoms with E-state index in [0.29, 0.717) is 29.2 Å². The van der Waals surface area contributed by atoms with Crippen LogP contribution in [0.5, 0.6) is 0 Å². The van der Waals surface area contributed by atoms with Crippen molar-refractivity contribution < 1.29 is 9.59 Å². The van der Waals surface area contributed by atoms with Crippen LogP contribution < -0.4 is 10.2 Å². The number of carbonyl (C=O) groups excluding carboxylic acids is 2. The van der Waals surface area contributed by atoms with Crippen molar-refractivity contribution in [2.24, 2.45) is 0 Å². The summed E-state index contributed by atoms with van der Waals surface area (Å²) in [6.07, 6.45) is 2.20. The lowest BCUT2D eigenvalue weighted by Crippen LogP contribution is -2.34. The van der Waals surface area contributed by atoms with Crippen LogP contribution in [0.25, 0.3) is 0 Å². The smallest absolute Gasteiger partial charge is 0.253 e. The highest BCUT2D eigenvalue weighted by atomic mass is 35.5. The Morgan fingerprint density at radius 3 is 2.85 bits per heavy atom. The van der Waals surface area contributed by atoms with Crippen LogP contribution in [0.2, 0.25) is 5.02 Å². The van der Waals surface area contributed by atoms with Crippen molar-refractivity contribution >= 4 is 29.1 Å². The second-order valence-electron chi connectivity index (χ2n) is 5.09. The first kappa shape index (κ1) is 14.9. The first-order valence-electron chi connectivity index (χ1n) is 6.93. The molecule has 0 aromatic heterocycles. The van der Waals surface area contributed by atoms with Gasteiger partial charge in [0.15, 0.2) is 0 Å². The van der Waals surface area contributed by atoms with Crippen molar-refractivity contribution in [3.63, 3.8) is 0 Å². The van der Waals surface area contributed by atoms with Crippen molar-refractivity contribution in [1.82, 2.24) is 5.32 Å². The van der Waals surface area contributed by atoms with Gasteiger partial charge < -0.3 is 10.2 Å². The molecule has 1 heterocycles. The fourth-order valence-corrected chi connectivity index (χ4v) is 2.39. The summed E-state index contributed by atoms with van der Waals surface area (Å²) in [7, 11) is 0. The fraction of sp³-hybridized carbons (Fsp3) is 0.467. The Kier molecular flexibility index (Phi) is 4.65. The van der Waals surface area contributed by atoms with Gasteiger partial charge in [0.05, 0.1) is 11.3 Å². The van der Waals surface area contributed by atoms with Gasteiger partial charge in [-0.05, 0) is 38.0 Å². The van der Waals surface area contributed by atoms with Gasteiger partial charge in [-0.3, -0.25) is 9.59 Å². The van der Waals surface area contributed by atoms with E-state index in [2.05, 4.69) is 5.32 Å². The number of amides is 2. The number of rotatable bonds is 4. The molecular weight excluding hydrogens is 276 g/mol. The maximum atomic E-state index is 12.3. The standard InChI is InChI=1S/C15H19ClN2O2/c1-3-10(2)17-15(20)12-7-6-11(16)9-13(12)18-8-4-5-14(18)19/h6-7,9-10H,3-5,8H2,1-2H3,(H,17,20). The molecular formula is C15H19ClN2O2. The molecule has 1 aromatic rings. The van der Waals surface area contributed by atoms with Crippen molar-refractivity contribution in [3.8, 4) is 0 Å². The van der Waals surface area contributed by atoms with Crippen LogP contribution in [0.15, 0.2) is 18.2 Å². The van der Waals surface area contributed by atoms with E-state index in [-0.39, 0.29) is 17.9 Å². The molecule has 0 saturated carbocycles. The molecule has 0 radical (unpaired) electrons. The highest BCUT2D eigenvalue weighted by Crippen LogP contribution is 2.28. The molecule has 1 saturated heterocycles. The van der Waals surface area contributed by atoms with Crippen molar-refractivity contribution in [3.05, 3.63) is 28.8 Å². The van der Waals surface area contributed by atoms with E-state index in [0.717, 1.165) is 12.8 Å². The number of nitrogens with one attached hydrogen (secondary N) is 1. The molecule has 5 heteroatoms. The van der Waals surface area contributed by atoms with E-state index in [9.17, 15) is 9.59 Å². The van der Waals surface area contributed by atoms with Crippen LogP contribution in [-0.4, -0.2) is 24.4 Å². The minimum atomic E-state index is -0.161. The summed E-state index contributed by atoms with van der Waals surface area (Å²) in [5, 5.41) is 3.45. The minimum Gasteiger partial charge on any atom is -0.350 e. The third-order valence-electron chi connectivity index (χ3n) is 3.56. The summed E-state index contributed by atoms with van der Waals surface area (Å²) in [6.45, 7) is 4.61. The molecule has 4 nitrogen and oxygen atoms in total. The van der Waals surface area contributed by atoms with Gasteiger partial charge in [-0.25, -0.2) is 0 Å². The molecule has 1 aliphatic rings. The topological polar surface area (TPSA) is 49.4 Å². The highest BCUT2D eigenvalue weighted by Gasteiger charge is 2.26. The third kappa shape index (κ3) is 3.12. The van der Waals surface area contributed by atoms with Gasteiger partial charge in [-0.15, -0.1) is 0 Å². The van der Waals surface area contributed by atoms with E-state index in [1.165, 1.54) is 0 Å². The van der Waals surface area contributed by atoms with Gasteiger partial charge in [0.1, 0.15) is 0 Å². The van der Waals surface area contributed by atoms with Gasteiger partial charge in [-0.1, -0.05) is 18.5 Å². The molecule has 0 spiro atoms. The van der Waals surface area contributed by atoms with Crippen LogP contribution in [-0.2, 0) is 4.79 Å². The maximum Gasteiger partial charge on any atom is 0.253 e. The fourth-order valence-electron chi connectivity index (χ4n) is 2.23. The lowest BCUT2D eigenvalue weighted by Gasteiger charge is -2.21. The Morgan fingerprint density at radius 1 is 1.50 bits per heavy atom. The SMILES string of the molecule is CCC(C)NC(=O)c1ccc(Cl)cc1N1CCCC1=O. The Balaban J connectivity index is 2.33. The Labute approximate surface area is 124 Å². The van der Waals surface area contributed by atoms with E-state index in [1.54, 1.807) is 23.1 Å². The minimum absolute atomic E-state index is 0.0462. The van der Waals surface area contributed by atoms with E-state index < -0.39 is 0 Å². The zero-order chi connectivity index (χ0) is 14.7. The monoisotopic (exact) mass is 294 g/mol. The molecule has 0 bridgehead atoms. The molecule has 1 atom stereocenters. The summed E-state index contributed by atoms with van der Waals surface area (Å²) in [4.78, 5) is 25.9. The molecule has 2 amide bonds. The van der Waals surface area contributed by atoms with Crippen LogP contribution in [0.1, 0.15) is 43.5 Å². The molecule has 20 heavy (non-hydrogen) atoms. The normalized spacial score (nSPS) is 16.4. The Morgan fingerprint density at radius 2 is 2.25 bits per heavy atom. The molecule has 2 rings (SSSR count). The summed E-state index contributed by atoms with van der Waals surface area (Å²) in [6, 6.07) is 5.15. The molecule has 1 aromatic carbocycles. The first-order valence-corrected chi connectivity index (χ1v) is 7.31. The van der Waals surface area contributed by atoms with Gasteiger partial charge in [0, 0.05) is 24.0 Å². The average molecular weight is 295 g/mol.